The molecule has 4 rings (SSSR count). The Morgan fingerprint density at radius 1 is 1.19 bits per heavy atom. The van der Waals surface area contributed by atoms with Gasteiger partial charge in [-0.3, -0.25) is 10.0 Å². The van der Waals surface area contributed by atoms with E-state index in [4.69, 9.17) is 9.94 Å². The highest BCUT2D eigenvalue weighted by molar-refractivity contribution is 5.96. The van der Waals surface area contributed by atoms with Crippen LogP contribution in [0.3, 0.4) is 0 Å². The number of nitrogens with zero attached hydrogens (tertiary/aromatic N) is 5. The lowest BCUT2D eigenvalue weighted by atomic mass is 10.1. The number of ether oxygens (including phenoxy) is 1. The van der Waals surface area contributed by atoms with E-state index in [1.165, 1.54) is 11.7 Å². The maximum Gasteiger partial charge on any atom is 0.274 e. The van der Waals surface area contributed by atoms with Crippen molar-refractivity contribution in [3.8, 4) is 11.6 Å². The molecule has 3 N–H and O–H groups in total. The van der Waals surface area contributed by atoms with Crippen LogP contribution in [0.4, 0.5) is 5.69 Å². The minimum absolute atomic E-state index is 0.0618. The molecular formula is C20H18N6O5. The summed E-state index contributed by atoms with van der Waals surface area (Å²) < 4.78 is 8.32. The highest BCUT2D eigenvalue weighted by Gasteiger charge is 2.19. The Bertz CT molecular complexity index is 1260. The van der Waals surface area contributed by atoms with Crippen molar-refractivity contribution < 1.29 is 19.8 Å². The average Bonchev–Trinajstić information content (AvgIpc) is 3.35. The van der Waals surface area contributed by atoms with E-state index in [-0.39, 0.29) is 18.1 Å². The summed E-state index contributed by atoms with van der Waals surface area (Å²) in [7, 11) is 1.51. The van der Waals surface area contributed by atoms with Gasteiger partial charge in [0.15, 0.2) is 5.69 Å². The van der Waals surface area contributed by atoms with Gasteiger partial charge in [0.25, 0.3) is 5.91 Å². The Morgan fingerprint density at radius 3 is 2.65 bits per heavy atom. The van der Waals surface area contributed by atoms with Crippen LogP contribution in [-0.4, -0.2) is 42.9 Å². The minimum atomic E-state index is -0.588. The van der Waals surface area contributed by atoms with E-state index in [0.717, 1.165) is 5.56 Å². The molecule has 158 valence electrons. The van der Waals surface area contributed by atoms with Gasteiger partial charge in [-0.15, -0.1) is 10.0 Å². The Kier molecular flexibility index (Phi) is 5.33. The molecule has 0 bridgehead atoms. The van der Waals surface area contributed by atoms with Crippen molar-refractivity contribution in [3.05, 3.63) is 70.4 Å². The van der Waals surface area contributed by atoms with Gasteiger partial charge in [0, 0.05) is 10.9 Å². The molecule has 0 radical (unpaired) electrons. The van der Waals surface area contributed by atoms with Crippen LogP contribution >= 0.6 is 0 Å². The third kappa shape index (κ3) is 3.81. The number of methoxy groups -OCH3 is 1. The Balaban J connectivity index is 1.57. The van der Waals surface area contributed by atoms with Crippen molar-refractivity contribution >= 4 is 22.5 Å². The Labute approximate surface area is 175 Å². The molecule has 0 aliphatic carbocycles. The smallest absolute Gasteiger partial charge is 0.274 e. The van der Waals surface area contributed by atoms with Gasteiger partial charge < -0.3 is 14.4 Å². The second-order valence-corrected chi connectivity index (χ2v) is 6.78. The van der Waals surface area contributed by atoms with Crippen molar-refractivity contribution in [2.24, 2.45) is 5.18 Å². The molecular weight excluding hydrogens is 404 g/mol. The number of amides is 1. The maximum atomic E-state index is 11.4. The fraction of sp³-hybridized carbons (Fsp3) is 0.150. The van der Waals surface area contributed by atoms with Gasteiger partial charge in [-0.05, 0) is 41.1 Å². The second kappa shape index (κ2) is 8.24. The first-order valence-corrected chi connectivity index (χ1v) is 9.19. The van der Waals surface area contributed by atoms with Gasteiger partial charge in [0.1, 0.15) is 11.4 Å². The van der Waals surface area contributed by atoms with Crippen LogP contribution < -0.4 is 10.2 Å². The number of carbonyl (C=O) groups is 1. The van der Waals surface area contributed by atoms with Crippen LogP contribution in [-0.2, 0) is 13.1 Å². The largest absolute Gasteiger partial charge is 0.497 e. The number of hydrogen-bond acceptors (Lipinski definition) is 8. The zero-order valence-corrected chi connectivity index (χ0v) is 16.4. The lowest BCUT2D eigenvalue weighted by molar-refractivity contribution is 0.0706. The lowest BCUT2D eigenvalue weighted by Gasteiger charge is -2.05. The van der Waals surface area contributed by atoms with Crippen LogP contribution in [0.5, 0.6) is 11.6 Å². The summed E-state index contributed by atoms with van der Waals surface area (Å²) in [5.74, 6) is -0.302. The zero-order valence-electron chi connectivity index (χ0n) is 16.4. The molecule has 11 heteroatoms. The van der Waals surface area contributed by atoms with E-state index in [0.29, 0.717) is 34.5 Å². The van der Waals surface area contributed by atoms with Crippen molar-refractivity contribution in [1.82, 2.24) is 25.0 Å². The number of fused-ring (bicyclic) bond motifs is 1. The Hall–Kier alpha value is -4.25. The van der Waals surface area contributed by atoms with Crippen LogP contribution in [0.1, 0.15) is 21.6 Å². The average molecular weight is 422 g/mol. The predicted octanol–water partition coefficient (Wildman–Crippen LogP) is 2.56. The van der Waals surface area contributed by atoms with Crippen LogP contribution in [0.15, 0.2) is 53.8 Å². The number of aromatic hydroxyl groups is 1. The number of benzene rings is 2. The van der Waals surface area contributed by atoms with Crippen molar-refractivity contribution in [2.45, 2.75) is 13.1 Å². The van der Waals surface area contributed by atoms with Crippen molar-refractivity contribution in [2.75, 3.05) is 7.11 Å². The summed E-state index contributed by atoms with van der Waals surface area (Å²) >= 11 is 0. The summed E-state index contributed by atoms with van der Waals surface area (Å²) in [6.07, 6.45) is 1.72. The molecule has 0 atom stereocenters. The SMILES string of the molecule is COc1ccc2c(c1)c(N=O)c(O)n2Cc1cn(Cc2ccc(C(=O)NO)cc2)nn1. The molecule has 11 nitrogen and oxygen atoms in total. The summed E-state index contributed by atoms with van der Waals surface area (Å²) in [6.45, 7) is 0.588. The van der Waals surface area contributed by atoms with E-state index in [1.807, 2.05) is 0 Å². The molecule has 0 aliphatic heterocycles. The molecule has 2 heterocycles. The molecule has 2 aromatic carbocycles. The molecule has 0 saturated heterocycles. The van der Waals surface area contributed by atoms with Gasteiger partial charge >= 0.3 is 0 Å². The van der Waals surface area contributed by atoms with Gasteiger partial charge in [-0.1, -0.05) is 17.3 Å². The normalized spacial score (nSPS) is 10.9. The third-order valence-electron chi connectivity index (χ3n) is 4.88. The van der Waals surface area contributed by atoms with Crippen molar-refractivity contribution in [3.63, 3.8) is 0 Å². The van der Waals surface area contributed by atoms with E-state index in [2.05, 4.69) is 15.5 Å². The van der Waals surface area contributed by atoms with E-state index < -0.39 is 5.91 Å². The maximum absolute atomic E-state index is 11.4. The standard InChI is InChI=1S/C20H18N6O5/c1-31-15-6-7-17-16(8-15)18(22-29)20(28)26(17)11-14-10-25(24-21-14)9-12-2-4-13(5-3-12)19(27)23-30/h2-8,10,28,30H,9,11H2,1H3,(H,23,27). The number of nitrogens with one attached hydrogen (secondary N) is 1. The molecule has 1 amide bonds. The molecule has 0 fully saturated rings. The monoisotopic (exact) mass is 422 g/mol. The predicted molar refractivity (Wildman–Crippen MR) is 110 cm³/mol. The summed E-state index contributed by atoms with van der Waals surface area (Å²) in [4.78, 5) is 22.7. The Morgan fingerprint density at radius 2 is 1.97 bits per heavy atom. The topological polar surface area (TPSA) is 144 Å². The quantitative estimate of drug-likeness (QED) is 0.236. The van der Waals surface area contributed by atoms with E-state index in [1.54, 1.807) is 58.8 Å². The van der Waals surface area contributed by atoms with Gasteiger partial charge in [0.2, 0.25) is 5.88 Å². The number of hydroxylamine groups is 1. The highest BCUT2D eigenvalue weighted by atomic mass is 16.5. The summed E-state index contributed by atoms with van der Waals surface area (Å²) in [6, 6.07) is 11.8. The van der Waals surface area contributed by atoms with Gasteiger partial charge in [-0.25, -0.2) is 10.2 Å². The summed E-state index contributed by atoms with van der Waals surface area (Å²) in [5.41, 5.74) is 3.90. The number of rotatable bonds is 7. The zero-order chi connectivity index (χ0) is 22.0. The summed E-state index contributed by atoms with van der Waals surface area (Å²) in [5, 5.41) is 30.8. The van der Waals surface area contributed by atoms with Crippen LogP contribution in [0.25, 0.3) is 10.9 Å². The first-order valence-electron chi connectivity index (χ1n) is 9.19. The number of nitroso groups, excluding NO2 is 1. The first-order chi connectivity index (χ1) is 15.0. The van der Waals surface area contributed by atoms with Gasteiger partial charge in [0.05, 0.1) is 31.9 Å². The third-order valence-corrected chi connectivity index (χ3v) is 4.88. The lowest BCUT2D eigenvalue weighted by Crippen LogP contribution is -2.18. The van der Waals surface area contributed by atoms with Crippen LogP contribution in [0.2, 0.25) is 0 Å². The molecule has 0 spiro atoms. The fourth-order valence-corrected chi connectivity index (χ4v) is 3.34. The van der Waals surface area contributed by atoms with E-state index >= 15 is 0 Å². The number of hydrogen-bond donors (Lipinski definition) is 3. The van der Waals surface area contributed by atoms with Crippen molar-refractivity contribution in [1.29, 1.82) is 0 Å². The molecule has 4 aromatic rings. The molecule has 31 heavy (non-hydrogen) atoms. The highest BCUT2D eigenvalue weighted by Crippen LogP contribution is 2.40. The molecule has 0 aliphatic rings. The van der Waals surface area contributed by atoms with E-state index in [9.17, 15) is 14.8 Å². The molecule has 2 aromatic heterocycles. The second-order valence-electron chi connectivity index (χ2n) is 6.78. The van der Waals surface area contributed by atoms with Gasteiger partial charge in [-0.2, -0.15) is 0 Å². The fourth-order valence-electron chi connectivity index (χ4n) is 3.34. The number of carbonyl (C=O) groups excluding carboxylic acids is 1. The molecule has 0 saturated carbocycles. The van der Waals surface area contributed by atoms with Crippen LogP contribution in [0, 0.1) is 4.91 Å². The minimum Gasteiger partial charge on any atom is -0.497 e. The molecule has 0 unspecified atom stereocenters. The number of aromatic nitrogens is 4. The first kappa shape index (κ1) is 20.0.